The zero-order chi connectivity index (χ0) is 16.6. The Morgan fingerprint density at radius 2 is 1.70 bits per heavy atom. The number of ether oxygens (including phenoxy) is 2. The zero-order valence-corrected chi connectivity index (χ0v) is 14.1. The third-order valence-electron chi connectivity index (χ3n) is 3.77. The van der Waals surface area contributed by atoms with Gasteiger partial charge >= 0.3 is 0 Å². The number of hydrogen-bond donors (Lipinski definition) is 1. The molecule has 0 radical (unpaired) electrons. The lowest BCUT2D eigenvalue weighted by Gasteiger charge is -2.20. The second kappa shape index (κ2) is 6.13. The Kier molecular flexibility index (Phi) is 4.18. The van der Waals surface area contributed by atoms with Crippen LogP contribution in [0, 0.1) is 20.8 Å². The van der Waals surface area contributed by atoms with E-state index in [1.165, 1.54) is 5.56 Å². The first-order valence-corrected chi connectivity index (χ1v) is 7.82. The van der Waals surface area contributed by atoms with E-state index >= 15 is 0 Å². The summed E-state index contributed by atoms with van der Waals surface area (Å²) in [6.45, 7) is 6.90. The molecule has 1 aliphatic rings. The highest BCUT2D eigenvalue weighted by Crippen LogP contribution is 2.38. The van der Waals surface area contributed by atoms with E-state index in [9.17, 15) is 4.79 Å². The quantitative estimate of drug-likeness (QED) is 0.893. The Hall–Kier alpha value is -2.20. The van der Waals surface area contributed by atoms with Gasteiger partial charge in [-0.25, -0.2) is 0 Å². The molecule has 1 aliphatic heterocycles. The molecule has 0 aromatic heterocycles. The molecule has 0 atom stereocenters. The Labute approximate surface area is 140 Å². The third kappa shape index (κ3) is 3.13. The van der Waals surface area contributed by atoms with Gasteiger partial charge in [0.05, 0.1) is 5.02 Å². The van der Waals surface area contributed by atoms with Crippen LogP contribution in [0.25, 0.3) is 0 Å². The Balaban J connectivity index is 1.91. The maximum Gasteiger partial charge on any atom is 0.255 e. The predicted molar refractivity (Wildman–Crippen MR) is 91.0 cm³/mol. The number of aryl methyl sites for hydroxylation is 3. The Morgan fingerprint density at radius 3 is 2.39 bits per heavy atom. The number of benzene rings is 2. The van der Waals surface area contributed by atoms with Crippen molar-refractivity contribution in [3.8, 4) is 11.5 Å². The number of nitrogens with one attached hydrogen (secondary N) is 1. The number of carbonyl (C=O) groups is 1. The number of anilines is 1. The summed E-state index contributed by atoms with van der Waals surface area (Å²) in [5, 5.41) is 3.34. The monoisotopic (exact) mass is 331 g/mol. The first-order chi connectivity index (χ1) is 11.0. The lowest BCUT2D eigenvalue weighted by atomic mass is 10.0. The normalized spacial score (nSPS) is 12.9. The van der Waals surface area contributed by atoms with Crippen LogP contribution in [0.1, 0.15) is 27.0 Å². The van der Waals surface area contributed by atoms with E-state index in [4.69, 9.17) is 21.1 Å². The van der Waals surface area contributed by atoms with Crippen LogP contribution in [-0.2, 0) is 0 Å². The molecule has 5 heteroatoms. The highest BCUT2D eigenvalue weighted by atomic mass is 35.5. The molecule has 2 aromatic carbocycles. The summed E-state index contributed by atoms with van der Waals surface area (Å²) in [7, 11) is 0. The van der Waals surface area contributed by atoms with E-state index in [1.54, 1.807) is 12.1 Å². The highest BCUT2D eigenvalue weighted by molar-refractivity contribution is 6.32. The number of rotatable bonds is 2. The first kappa shape index (κ1) is 15.7. The number of hydrogen-bond acceptors (Lipinski definition) is 3. The maximum absolute atomic E-state index is 12.6. The van der Waals surface area contributed by atoms with Crippen LogP contribution >= 0.6 is 11.6 Å². The van der Waals surface area contributed by atoms with Gasteiger partial charge in [0.2, 0.25) is 0 Å². The minimum absolute atomic E-state index is 0.223. The minimum Gasteiger partial charge on any atom is -0.486 e. The van der Waals surface area contributed by atoms with E-state index in [1.807, 2.05) is 32.9 Å². The number of fused-ring (bicyclic) bond motifs is 1. The predicted octanol–water partition coefficient (Wildman–Crippen LogP) is 4.29. The molecule has 2 aromatic rings. The van der Waals surface area contributed by atoms with Gasteiger partial charge in [0, 0.05) is 11.3 Å². The van der Waals surface area contributed by atoms with E-state index in [2.05, 4.69) is 5.32 Å². The Bertz CT molecular complexity index is 763. The zero-order valence-electron chi connectivity index (χ0n) is 13.3. The standard InChI is InChI=1S/C18H18ClNO3/c1-10-6-11(2)16(12(3)7-10)20-18(21)13-8-14(19)17-15(9-13)22-4-5-23-17/h6-9H,4-5H2,1-3H3,(H,20,21). The molecule has 0 spiro atoms. The molecule has 1 N–H and O–H groups in total. The first-order valence-electron chi connectivity index (χ1n) is 7.44. The fourth-order valence-corrected chi connectivity index (χ4v) is 3.07. The summed E-state index contributed by atoms with van der Waals surface area (Å²) in [5.74, 6) is 0.780. The van der Waals surface area contributed by atoms with Crippen molar-refractivity contribution >= 4 is 23.2 Å². The van der Waals surface area contributed by atoms with Gasteiger partial charge in [-0.2, -0.15) is 0 Å². The van der Waals surface area contributed by atoms with Crippen molar-refractivity contribution < 1.29 is 14.3 Å². The van der Waals surface area contributed by atoms with Crippen molar-refractivity contribution in [2.45, 2.75) is 20.8 Å². The van der Waals surface area contributed by atoms with E-state index in [0.717, 1.165) is 16.8 Å². The minimum atomic E-state index is -0.223. The molecule has 0 saturated heterocycles. The summed E-state index contributed by atoms with van der Waals surface area (Å²) in [6, 6.07) is 7.34. The topological polar surface area (TPSA) is 47.6 Å². The molecule has 1 amide bonds. The molecule has 4 nitrogen and oxygen atoms in total. The molecule has 0 fully saturated rings. The fourth-order valence-electron chi connectivity index (χ4n) is 2.80. The van der Waals surface area contributed by atoms with Crippen molar-refractivity contribution in [3.63, 3.8) is 0 Å². The van der Waals surface area contributed by atoms with Gasteiger partial charge in [0.1, 0.15) is 13.2 Å². The highest BCUT2D eigenvalue weighted by Gasteiger charge is 2.20. The van der Waals surface area contributed by atoms with Gasteiger partial charge in [0.15, 0.2) is 11.5 Å². The summed E-state index contributed by atoms with van der Waals surface area (Å²) in [5.41, 5.74) is 4.49. The number of amides is 1. The summed E-state index contributed by atoms with van der Waals surface area (Å²) < 4.78 is 11.0. The molecular formula is C18H18ClNO3. The van der Waals surface area contributed by atoms with Gasteiger partial charge in [-0.3, -0.25) is 4.79 Å². The molecule has 0 aliphatic carbocycles. The number of halogens is 1. The molecule has 120 valence electrons. The van der Waals surface area contributed by atoms with Crippen molar-refractivity contribution in [1.29, 1.82) is 0 Å². The second-order valence-electron chi connectivity index (χ2n) is 5.71. The van der Waals surface area contributed by atoms with Gasteiger partial charge in [0.25, 0.3) is 5.91 Å². The number of carbonyl (C=O) groups excluding carboxylic acids is 1. The van der Waals surface area contributed by atoms with Crippen molar-refractivity contribution in [1.82, 2.24) is 0 Å². The van der Waals surface area contributed by atoms with Crippen molar-refractivity contribution in [2.24, 2.45) is 0 Å². The van der Waals surface area contributed by atoms with Crippen LogP contribution in [0.3, 0.4) is 0 Å². The van der Waals surface area contributed by atoms with Crippen molar-refractivity contribution in [3.05, 3.63) is 51.5 Å². The van der Waals surface area contributed by atoms with Crippen molar-refractivity contribution in [2.75, 3.05) is 18.5 Å². The van der Waals surface area contributed by atoms with Crippen LogP contribution in [0.5, 0.6) is 11.5 Å². The van der Waals surface area contributed by atoms with Gasteiger partial charge < -0.3 is 14.8 Å². The van der Waals surface area contributed by atoms with Crippen LogP contribution in [0.15, 0.2) is 24.3 Å². The van der Waals surface area contributed by atoms with Crippen LogP contribution in [0.2, 0.25) is 5.02 Å². The molecule has 0 unspecified atom stereocenters. The largest absolute Gasteiger partial charge is 0.486 e. The van der Waals surface area contributed by atoms with Crippen LogP contribution in [-0.4, -0.2) is 19.1 Å². The fraction of sp³-hybridized carbons (Fsp3) is 0.278. The van der Waals surface area contributed by atoms with Gasteiger partial charge in [-0.1, -0.05) is 29.3 Å². The second-order valence-corrected chi connectivity index (χ2v) is 6.12. The molecule has 0 bridgehead atoms. The van der Waals surface area contributed by atoms with Gasteiger partial charge in [-0.05, 0) is 44.0 Å². The molecule has 1 heterocycles. The van der Waals surface area contributed by atoms with E-state index < -0.39 is 0 Å². The van der Waals surface area contributed by atoms with Crippen LogP contribution in [0.4, 0.5) is 5.69 Å². The van der Waals surface area contributed by atoms with Gasteiger partial charge in [-0.15, -0.1) is 0 Å². The third-order valence-corrected chi connectivity index (χ3v) is 4.06. The summed E-state index contributed by atoms with van der Waals surface area (Å²) in [4.78, 5) is 12.6. The lowest BCUT2D eigenvalue weighted by Crippen LogP contribution is -2.18. The van der Waals surface area contributed by atoms with E-state index in [-0.39, 0.29) is 5.91 Å². The maximum atomic E-state index is 12.6. The SMILES string of the molecule is Cc1cc(C)c(NC(=O)c2cc(Cl)c3c(c2)OCCO3)c(C)c1. The molecule has 3 rings (SSSR count). The molecular weight excluding hydrogens is 314 g/mol. The average molecular weight is 332 g/mol. The Morgan fingerprint density at radius 1 is 1.04 bits per heavy atom. The summed E-state index contributed by atoms with van der Waals surface area (Å²) >= 11 is 6.19. The van der Waals surface area contributed by atoms with E-state index in [0.29, 0.717) is 35.3 Å². The lowest BCUT2D eigenvalue weighted by molar-refractivity contribution is 0.102. The molecule has 23 heavy (non-hydrogen) atoms. The smallest absolute Gasteiger partial charge is 0.255 e. The average Bonchev–Trinajstić information content (AvgIpc) is 2.50. The molecule has 0 saturated carbocycles. The van der Waals surface area contributed by atoms with Crippen LogP contribution < -0.4 is 14.8 Å². The summed E-state index contributed by atoms with van der Waals surface area (Å²) in [6.07, 6.45) is 0.